The van der Waals surface area contributed by atoms with Crippen molar-refractivity contribution >= 4 is 27.7 Å². The van der Waals surface area contributed by atoms with E-state index in [1.54, 1.807) is 0 Å². The monoisotopic (exact) mass is 287 g/mol. The molecule has 5 nitrogen and oxygen atoms in total. The fourth-order valence-corrected chi connectivity index (χ4v) is 2.60. The molecule has 2 aromatic carbocycles. The molecule has 2 heterocycles. The van der Waals surface area contributed by atoms with Gasteiger partial charge in [0.1, 0.15) is 11.2 Å². The average Bonchev–Trinajstić information content (AvgIpc) is 2.98. The minimum absolute atomic E-state index is 0.338. The van der Waals surface area contributed by atoms with Crippen LogP contribution < -0.4 is 5.73 Å². The van der Waals surface area contributed by atoms with Crippen LogP contribution in [-0.4, -0.2) is 21.1 Å². The van der Waals surface area contributed by atoms with Gasteiger partial charge >= 0.3 is 0 Å². The van der Waals surface area contributed by atoms with Gasteiger partial charge in [-0.2, -0.15) is 5.10 Å². The summed E-state index contributed by atoms with van der Waals surface area (Å²) in [4.78, 5) is 15.7. The van der Waals surface area contributed by atoms with Crippen molar-refractivity contribution in [1.82, 2.24) is 15.2 Å². The Morgan fingerprint density at radius 2 is 1.95 bits per heavy atom. The first-order chi connectivity index (χ1) is 10.7. The van der Waals surface area contributed by atoms with Gasteiger partial charge in [-0.25, -0.2) is 4.98 Å². The number of hydrogen-bond acceptors (Lipinski definition) is 3. The van der Waals surface area contributed by atoms with E-state index in [-0.39, 0.29) is 0 Å². The molecule has 0 saturated carbocycles. The van der Waals surface area contributed by atoms with E-state index < -0.39 is 5.91 Å². The molecule has 0 fully saturated rings. The van der Waals surface area contributed by atoms with Crippen LogP contribution in [0.3, 0.4) is 0 Å². The van der Waals surface area contributed by atoms with Crippen molar-refractivity contribution in [2.75, 3.05) is 0 Å². The Balaban J connectivity index is 1.96. The third-order valence-electron chi connectivity index (χ3n) is 3.68. The maximum absolute atomic E-state index is 11.5. The van der Waals surface area contributed by atoms with Crippen LogP contribution in [0.15, 0.2) is 48.5 Å². The summed E-state index contributed by atoms with van der Waals surface area (Å²) >= 11 is 0. The zero-order chi connectivity index (χ0) is 15.1. The number of hydrogen-bond donors (Lipinski definition) is 2. The lowest BCUT2D eigenvalue weighted by atomic mass is 10.0. The van der Waals surface area contributed by atoms with Gasteiger partial charge in [-0.15, -0.1) is 0 Å². The zero-order valence-corrected chi connectivity index (χ0v) is 11.5. The lowest BCUT2D eigenvalue weighted by Gasteiger charge is -2.01. The van der Waals surface area contributed by atoms with Crippen molar-refractivity contribution in [1.29, 1.82) is 0 Å². The number of pyridine rings is 1. The Morgan fingerprint density at radius 3 is 2.77 bits per heavy atom. The largest absolute Gasteiger partial charge is 0.366 e. The fourth-order valence-electron chi connectivity index (χ4n) is 2.60. The van der Waals surface area contributed by atoms with Gasteiger partial charge in [-0.05, 0) is 22.9 Å². The van der Waals surface area contributed by atoms with E-state index in [0.717, 1.165) is 16.3 Å². The summed E-state index contributed by atoms with van der Waals surface area (Å²) in [5.74, 6) is -0.530. The summed E-state index contributed by atoms with van der Waals surface area (Å²) in [6.07, 6.45) is 2.71. The number of fused-ring (bicyclic) bond motifs is 2. The Hall–Kier alpha value is -3.21. The Labute approximate surface area is 125 Å². The van der Waals surface area contributed by atoms with Gasteiger partial charge in [0, 0.05) is 5.56 Å². The first kappa shape index (κ1) is 12.5. The Morgan fingerprint density at radius 1 is 1.14 bits per heavy atom. The highest BCUT2D eigenvalue weighted by Gasteiger charge is 2.15. The molecule has 0 saturated heterocycles. The summed E-state index contributed by atoms with van der Waals surface area (Å²) in [5, 5.41) is 9.42. The third-order valence-corrected chi connectivity index (χ3v) is 3.68. The standard InChI is InChI=1S/C17H11N4O/c18-17(22)13-7-8-19-16-14(20-21-15(13)16)12-6-5-10-3-1-2-4-11(10)9-12/h1-7,9H,(H2,18,22)(H,20,21). The normalized spacial score (nSPS) is 11.1. The second-order valence-electron chi connectivity index (χ2n) is 5.02. The molecule has 1 amide bonds. The van der Waals surface area contributed by atoms with Gasteiger partial charge in [0.25, 0.3) is 5.91 Å². The van der Waals surface area contributed by atoms with Crippen LogP contribution in [0, 0.1) is 6.20 Å². The maximum Gasteiger partial charge on any atom is 0.251 e. The quantitative estimate of drug-likeness (QED) is 0.594. The van der Waals surface area contributed by atoms with Gasteiger partial charge in [0.05, 0.1) is 17.3 Å². The predicted molar refractivity (Wildman–Crippen MR) is 84.2 cm³/mol. The van der Waals surface area contributed by atoms with Crippen LogP contribution in [0.2, 0.25) is 0 Å². The molecule has 0 unspecified atom stereocenters. The number of carbonyl (C=O) groups is 1. The van der Waals surface area contributed by atoms with Gasteiger partial charge in [0.2, 0.25) is 0 Å². The van der Waals surface area contributed by atoms with Gasteiger partial charge in [-0.1, -0.05) is 36.4 Å². The molecule has 4 aromatic rings. The van der Waals surface area contributed by atoms with Crippen LogP contribution in [0.25, 0.3) is 33.1 Å². The first-order valence-electron chi connectivity index (χ1n) is 6.78. The van der Waals surface area contributed by atoms with Crippen LogP contribution >= 0.6 is 0 Å². The van der Waals surface area contributed by atoms with E-state index in [2.05, 4.69) is 27.4 Å². The smallest absolute Gasteiger partial charge is 0.251 e. The number of nitrogens with one attached hydrogen (secondary N) is 1. The number of nitrogens with zero attached hydrogens (tertiary/aromatic N) is 2. The highest BCUT2D eigenvalue weighted by molar-refractivity contribution is 6.06. The van der Waals surface area contributed by atoms with Crippen molar-refractivity contribution in [3.8, 4) is 11.3 Å². The predicted octanol–water partition coefficient (Wildman–Crippen LogP) is 2.68. The van der Waals surface area contributed by atoms with E-state index in [4.69, 9.17) is 5.73 Å². The van der Waals surface area contributed by atoms with E-state index in [9.17, 15) is 4.79 Å². The van der Waals surface area contributed by atoms with Crippen molar-refractivity contribution in [3.05, 3.63) is 60.3 Å². The number of carbonyl (C=O) groups excluding carboxylic acids is 1. The molecule has 4 rings (SSSR count). The van der Waals surface area contributed by atoms with E-state index >= 15 is 0 Å². The molecule has 0 aliphatic rings. The molecule has 105 valence electrons. The lowest BCUT2D eigenvalue weighted by Crippen LogP contribution is -2.11. The zero-order valence-electron chi connectivity index (χ0n) is 11.5. The highest BCUT2D eigenvalue weighted by atomic mass is 16.1. The van der Waals surface area contributed by atoms with E-state index in [0.29, 0.717) is 22.3 Å². The summed E-state index contributed by atoms with van der Waals surface area (Å²) in [5.41, 5.74) is 8.44. The molecule has 2 aromatic heterocycles. The SMILES string of the molecule is NC(=O)c1c[c]nc2c(-c3ccc4ccccc4c3)n[nH]c12. The number of rotatable bonds is 2. The molecule has 0 bridgehead atoms. The Kier molecular flexibility index (Phi) is 2.66. The van der Waals surface area contributed by atoms with Crippen LogP contribution in [0.5, 0.6) is 0 Å². The van der Waals surface area contributed by atoms with E-state index in [1.165, 1.54) is 6.07 Å². The second kappa shape index (κ2) is 4.66. The number of H-pyrrole nitrogens is 1. The van der Waals surface area contributed by atoms with Crippen molar-refractivity contribution in [3.63, 3.8) is 0 Å². The number of primary amides is 1. The molecule has 0 aliphatic carbocycles. The van der Waals surface area contributed by atoms with Crippen LogP contribution in [-0.2, 0) is 0 Å². The molecule has 5 heteroatoms. The molecular weight excluding hydrogens is 276 g/mol. The molecule has 0 atom stereocenters. The number of aromatic nitrogens is 3. The number of amides is 1. The molecule has 1 radical (unpaired) electrons. The van der Waals surface area contributed by atoms with Crippen LogP contribution in [0.1, 0.15) is 10.4 Å². The summed E-state index contributed by atoms with van der Waals surface area (Å²) < 4.78 is 0. The van der Waals surface area contributed by atoms with Crippen molar-refractivity contribution in [2.45, 2.75) is 0 Å². The lowest BCUT2D eigenvalue weighted by molar-refractivity contribution is 0.100. The maximum atomic E-state index is 11.5. The minimum Gasteiger partial charge on any atom is -0.366 e. The van der Waals surface area contributed by atoms with Gasteiger partial charge < -0.3 is 5.73 Å². The van der Waals surface area contributed by atoms with Crippen LogP contribution in [0.4, 0.5) is 0 Å². The molecule has 3 N–H and O–H groups in total. The molecule has 0 aliphatic heterocycles. The summed E-state index contributed by atoms with van der Waals surface area (Å²) in [6.45, 7) is 0. The third kappa shape index (κ3) is 1.83. The molecule has 22 heavy (non-hydrogen) atoms. The van der Waals surface area contributed by atoms with E-state index in [1.807, 2.05) is 36.4 Å². The minimum atomic E-state index is -0.530. The summed E-state index contributed by atoms with van der Waals surface area (Å²) in [6, 6.07) is 15.6. The molecular formula is C17H11N4O. The number of aromatic amines is 1. The first-order valence-corrected chi connectivity index (χ1v) is 6.78. The fraction of sp³-hybridized carbons (Fsp3) is 0. The van der Waals surface area contributed by atoms with Crippen molar-refractivity contribution < 1.29 is 4.79 Å². The van der Waals surface area contributed by atoms with Crippen molar-refractivity contribution in [2.24, 2.45) is 5.73 Å². The van der Waals surface area contributed by atoms with Gasteiger partial charge in [0.15, 0.2) is 0 Å². The average molecular weight is 287 g/mol. The number of benzene rings is 2. The topological polar surface area (TPSA) is 84.7 Å². The molecule has 0 spiro atoms. The highest BCUT2D eigenvalue weighted by Crippen LogP contribution is 2.28. The second-order valence-corrected chi connectivity index (χ2v) is 5.02. The number of nitrogens with two attached hydrogens (primary N) is 1. The summed E-state index contributed by atoms with van der Waals surface area (Å²) in [7, 11) is 0. The van der Waals surface area contributed by atoms with Gasteiger partial charge in [-0.3, -0.25) is 9.89 Å². The Bertz CT molecular complexity index is 1020.